The van der Waals surface area contributed by atoms with Crippen molar-refractivity contribution in [1.82, 2.24) is 10.1 Å². The van der Waals surface area contributed by atoms with Gasteiger partial charge in [-0.1, -0.05) is 35.0 Å². The van der Waals surface area contributed by atoms with Crippen molar-refractivity contribution in [3.63, 3.8) is 0 Å². The number of alkyl halides is 3. The number of anilines is 1. The summed E-state index contributed by atoms with van der Waals surface area (Å²) in [5.74, 6) is 0.824. The topological polar surface area (TPSA) is 51.0 Å². The molecule has 0 aliphatic rings. The summed E-state index contributed by atoms with van der Waals surface area (Å²) in [5.41, 5.74) is 1.82. The van der Waals surface area contributed by atoms with Crippen LogP contribution in [0.15, 0.2) is 53.1 Å². The van der Waals surface area contributed by atoms with Crippen molar-refractivity contribution < 1.29 is 17.7 Å². The zero-order valence-electron chi connectivity index (χ0n) is 12.8. The minimum Gasteiger partial charge on any atom is -0.376 e. The maximum Gasteiger partial charge on any atom is 0.416 e. The first kappa shape index (κ1) is 16.0. The van der Waals surface area contributed by atoms with E-state index in [0.717, 1.165) is 23.3 Å². The summed E-state index contributed by atoms with van der Waals surface area (Å²) in [5, 5.41) is 6.85. The lowest BCUT2D eigenvalue weighted by molar-refractivity contribution is -0.137. The molecule has 0 spiro atoms. The molecular weight excluding hydrogens is 319 g/mol. The number of hydrogen-bond donors (Lipinski definition) is 1. The van der Waals surface area contributed by atoms with Gasteiger partial charge in [0.05, 0.1) is 12.1 Å². The highest BCUT2D eigenvalue weighted by Gasteiger charge is 2.29. The number of benzene rings is 2. The second-order valence-electron chi connectivity index (χ2n) is 5.31. The normalized spacial score (nSPS) is 11.5. The zero-order valence-corrected chi connectivity index (χ0v) is 12.8. The van der Waals surface area contributed by atoms with E-state index in [-0.39, 0.29) is 6.54 Å². The molecule has 1 aromatic heterocycles. The van der Waals surface area contributed by atoms with Gasteiger partial charge >= 0.3 is 6.18 Å². The van der Waals surface area contributed by atoms with Gasteiger partial charge in [0.1, 0.15) is 0 Å². The third-order valence-electron chi connectivity index (χ3n) is 3.43. The molecule has 3 aromatic rings. The number of nitrogens with zero attached hydrogens (tertiary/aromatic N) is 2. The Kier molecular flexibility index (Phi) is 4.24. The van der Waals surface area contributed by atoms with Crippen LogP contribution >= 0.6 is 0 Å². The number of halogens is 3. The minimum atomic E-state index is -4.34. The van der Waals surface area contributed by atoms with Crippen molar-refractivity contribution in [1.29, 1.82) is 0 Å². The highest BCUT2D eigenvalue weighted by Crippen LogP contribution is 2.29. The predicted molar refractivity (Wildman–Crippen MR) is 83.2 cm³/mol. The molecular formula is C17H14F3N3O. The van der Waals surface area contributed by atoms with E-state index in [4.69, 9.17) is 4.52 Å². The standard InChI is InChI=1S/C17H14F3N3O/c1-11-2-4-12(5-3-11)16-22-15(24-23-16)10-21-14-8-6-13(7-9-14)17(18,19)20/h2-9,21H,10H2,1H3. The molecule has 0 saturated heterocycles. The lowest BCUT2D eigenvalue weighted by Gasteiger charge is -2.08. The van der Waals surface area contributed by atoms with Crippen LogP contribution < -0.4 is 5.32 Å². The van der Waals surface area contributed by atoms with E-state index in [1.54, 1.807) is 0 Å². The summed E-state index contributed by atoms with van der Waals surface area (Å²) in [6.07, 6.45) is -4.34. The molecule has 24 heavy (non-hydrogen) atoms. The highest BCUT2D eigenvalue weighted by molar-refractivity contribution is 5.54. The van der Waals surface area contributed by atoms with Gasteiger partial charge in [-0.25, -0.2) is 0 Å². The molecule has 0 atom stereocenters. The summed E-state index contributed by atoms with van der Waals surface area (Å²) >= 11 is 0. The Morgan fingerprint density at radius 3 is 2.29 bits per heavy atom. The molecule has 7 heteroatoms. The van der Waals surface area contributed by atoms with Crippen LogP contribution in [0.4, 0.5) is 18.9 Å². The average molecular weight is 333 g/mol. The quantitative estimate of drug-likeness (QED) is 0.753. The van der Waals surface area contributed by atoms with Gasteiger partial charge in [-0.3, -0.25) is 0 Å². The Bertz CT molecular complexity index is 808. The monoisotopic (exact) mass is 333 g/mol. The van der Waals surface area contributed by atoms with Crippen LogP contribution in [0.25, 0.3) is 11.4 Å². The number of hydrogen-bond acceptors (Lipinski definition) is 4. The average Bonchev–Trinajstić information content (AvgIpc) is 3.02. The SMILES string of the molecule is Cc1ccc(-c2noc(CNc3ccc(C(F)(F)F)cc3)n2)cc1. The molecule has 1 heterocycles. The van der Waals surface area contributed by atoms with Crippen molar-refractivity contribution >= 4 is 5.69 Å². The molecule has 2 aromatic carbocycles. The van der Waals surface area contributed by atoms with Gasteiger partial charge in [0.15, 0.2) is 0 Å². The molecule has 0 amide bonds. The number of rotatable bonds is 4. The van der Waals surface area contributed by atoms with Gasteiger partial charge in [-0.15, -0.1) is 0 Å². The Labute approximate surface area is 136 Å². The van der Waals surface area contributed by atoms with E-state index in [1.807, 2.05) is 31.2 Å². The Morgan fingerprint density at radius 1 is 1.00 bits per heavy atom. The Morgan fingerprint density at radius 2 is 1.67 bits per heavy atom. The van der Waals surface area contributed by atoms with E-state index in [0.29, 0.717) is 17.4 Å². The maximum absolute atomic E-state index is 12.5. The molecule has 0 aliphatic carbocycles. The van der Waals surface area contributed by atoms with E-state index < -0.39 is 11.7 Å². The van der Waals surface area contributed by atoms with Gasteiger partial charge < -0.3 is 9.84 Å². The highest BCUT2D eigenvalue weighted by atomic mass is 19.4. The van der Waals surface area contributed by atoms with E-state index >= 15 is 0 Å². The lowest BCUT2D eigenvalue weighted by atomic mass is 10.1. The number of aromatic nitrogens is 2. The van der Waals surface area contributed by atoms with Crippen molar-refractivity contribution in [3.8, 4) is 11.4 Å². The second kappa shape index (κ2) is 6.35. The Hall–Kier alpha value is -2.83. The van der Waals surface area contributed by atoms with Crippen molar-refractivity contribution in [3.05, 3.63) is 65.5 Å². The van der Waals surface area contributed by atoms with Crippen molar-refractivity contribution in [2.45, 2.75) is 19.6 Å². The maximum atomic E-state index is 12.5. The first-order valence-corrected chi connectivity index (χ1v) is 7.22. The predicted octanol–water partition coefficient (Wildman–Crippen LogP) is 4.68. The van der Waals surface area contributed by atoms with E-state index in [1.165, 1.54) is 12.1 Å². The molecule has 0 radical (unpaired) electrons. The molecule has 0 aliphatic heterocycles. The number of nitrogens with one attached hydrogen (secondary N) is 1. The number of aryl methyl sites for hydroxylation is 1. The molecule has 124 valence electrons. The molecule has 0 bridgehead atoms. The second-order valence-corrected chi connectivity index (χ2v) is 5.31. The van der Waals surface area contributed by atoms with Crippen LogP contribution in [0, 0.1) is 6.92 Å². The molecule has 0 unspecified atom stereocenters. The third kappa shape index (κ3) is 3.73. The summed E-state index contributed by atoms with van der Waals surface area (Å²) < 4.78 is 42.7. The summed E-state index contributed by atoms with van der Waals surface area (Å²) in [4.78, 5) is 4.26. The molecule has 0 saturated carbocycles. The van der Waals surface area contributed by atoms with Crippen molar-refractivity contribution in [2.24, 2.45) is 0 Å². The van der Waals surface area contributed by atoms with Gasteiger partial charge in [0.2, 0.25) is 11.7 Å². The molecule has 0 fully saturated rings. The summed E-state index contributed by atoms with van der Waals surface area (Å²) in [6.45, 7) is 2.21. The van der Waals surface area contributed by atoms with Crippen LogP contribution in [0.5, 0.6) is 0 Å². The van der Waals surface area contributed by atoms with Crippen LogP contribution in [-0.2, 0) is 12.7 Å². The van der Waals surface area contributed by atoms with Gasteiger partial charge in [0, 0.05) is 11.3 Å². The van der Waals surface area contributed by atoms with E-state index in [9.17, 15) is 13.2 Å². The van der Waals surface area contributed by atoms with Gasteiger partial charge in [0.25, 0.3) is 0 Å². The van der Waals surface area contributed by atoms with E-state index in [2.05, 4.69) is 15.5 Å². The minimum absolute atomic E-state index is 0.226. The largest absolute Gasteiger partial charge is 0.416 e. The zero-order chi connectivity index (χ0) is 17.2. The lowest BCUT2D eigenvalue weighted by Crippen LogP contribution is -2.05. The fourth-order valence-electron chi connectivity index (χ4n) is 2.10. The third-order valence-corrected chi connectivity index (χ3v) is 3.43. The van der Waals surface area contributed by atoms with Gasteiger partial charge in [-0.05, 0) is 31.2 Å². The fraction of sp³-hybridized carbons (Fsp3) is 0.176. The first-order valence-electron chi connectivity index (χ1n) is 7.22. The van der Waals surface area contributed by atoms with Crippen LogP contribution in [-0.4, -0.2) is 10.1 Å². The summed E-state index contributed by atoms with van der Waals surface area (Å²) in [7, 11) is 0. The first-order chi connectivity index (χ1) is 11.4. The molecule has 4 nitrogen and oxygen atoms in total. The smallest absolute Gasteiger partial charge is 0.376 e. The van der Waals surface area contributed by atoms with Crippen LogP contribution in [0.1, 0.15) is 17.0 Å². The van der Waals surface area contributed by atoms with Crippen LogP contribution in [0.2, 0.25) is 0 Å². The molecule has 1 N–H and O–H groups in total. The van der Waals surface area contributed by atoms with Crippen LogP contribution in [0.3, 0.4) is 0 Å². The fourth-order valence-corrected chi connectivity index (χ4v) is 2.10. The van der Waals surface area contributed by atoms with Crippen molar-refractivity contribution in [2.75, 3.05) is 5.32 Å². The Balaban J connectivity index is 1.64. The van der Waals surface area contributed by atoms with Gasteiger partial charge in [-0.2, -0.15) is 18.2 Å². The molecule has 3 rings (SSSR count). The summed E-state index contributed by atoms with van der Waals surface area (Å²) in [6, 6.07) is 12.5.